The van der Waals surface area contributed by atoms with Gasteiger partial charge in [-0.15, -0.1) is 10.2 Å². The summed E-state index contributed by atoms with van der Waals surface area (Å²) in [6.45, 7) is 5.00. The van der Waals surface area contributed by atoms with Crippen molar-refractivity contribution in [3.63, 3.8) is 0 Å². The molecule has 3 aromatic heterocycles. The molecule has 0 radical (unpaired) electrons. The lowest BCUT2D eigenvalue weighted by Gasteiger charge is -2.36. The predicted molar refractivity (Wildman–Crippen MR) is 110 cm³/mol. The number of anilines is 1. The molecule has 0 amide bonds. The van der Waals surface area contributed by atoms with Crippen LogP contribution in [0.15, 0.2) is 43.1 Å². The number of hydrogen-bond donors (Lipinski definition) is 0. The van der Waals surface area contributed by atoms with E-state index in [2.05, 4.69) is 38.9 Å². The molecule has 0 bridgehead atoms. The summed E-state index contributed by atoms with van der Waals surface area (Å²) in [6, 6.07) is 3.44. The molecule has 5 rings (SSSR count). The van der Waals surface area contributed by atoms with Crippen molar-refractivity contribution in [3.05, 3.63) is 60.6 Å². The largest absolute Gasteiger partial charge is 0.344 e. The molecule has 4 aromatic rings. The van der Waals surface area contributed by atoms with Crippen molar-refractivity contribution in [1.82, 2.24) is 34.3 Å². The molecule has 0 saturated carbocycles. The lowest BCUT2D eigenvalue weighted by atomic mass is 10.1. The molecular formula is C21H20F2N8. The normalized spacial score (nSPS) is 15.1. The summed E-state index contributed by atoms with van der Waals surface area (Å²) < 4.78 is 31.3. The molecule has 0 N–H and O–H groups in total. The van der Waals surface area contributed by atoms with E-state index < -0.39 is 11.6 Å². The second kappa shape index (κ2) is 7.53. The first-order valence-electron chi connectivity index (χ1n) is 10.2. The Morgan fingerprint density at radius 2 is 1.97 bits per heavy atom. The number of aromatic nitrogens is 7. The number of hydrogen-bond acceptors (Lipinski definition) is 6. The molecular weight excluding hydrogens is 402 g/mol. The first kappa shape index (κ1) is 19.3. The van der Waals surface area contributed by atoms with Gasteiger partial charge in [0.15, 0.2) is 11.6 Å². The van der Waals surface area contributed by atoms with Crippen LogP contribution in [0.2, 0.25) is 0 Å². The monoisotopic (exact) mass is 422 g/mol. The number of rotatable bonds is 5. The molecule has 1 atom stereocenters. The van der Waals surface area contributed by atoms with Gasteiger partial charge >= 0.3 is 0 Å². The maximum absolute atomic E-state index is 14.4. The quantitative estimate of drug-likeness (QED) is 0.486. The van der Waals surface area contributed by atoms with E-state index in [1.165, 1.54) is 18.3 Å². The Balaban J connectivity index is 1.65. The zero-order valence-electron chi connectivity index (χ0n) is 17.1. The predicted octanol–water partition coefficient (Wildman–Crippen LogP) is 3.87. The fraction of sp³-hybridized carbons (Fsp3) is 0.286. The fourth-order valence-electron chi connectivity index (χ4n) is 4.04. The van der Waals surface area contributed by atoms with E-state index in [-0.39, 0.29) is 11.6 Å². The van der Waals surface area contributed by atoms with E-state index in [1.807, 2.05) is 4.57 Å². The van der Waals surface area contributed by atoms with Crippen LogP contribution >= 0.6 is 0 Å². The maximum atomic E-state index is 14.4. The van der Waals surface area contributed by atoms with Crippen LogP contribution in [0.25, 0.3) is 23.0 Å². The van der Waals surface area contributed by atoms with Crippen molar-refractivity contribution >= 4 is 5.82 Å². The van der Waals surface area contributed by atoms with Crippen LogP contribution in [0.1, 0.15) is 38.6 Å². The molecule has 4 heterocycles. The number of benzene rings is 1. The second-order valence-electron chi connectivity index (χ2n) is 7.30. The Labute approximate surface area is 177 Å². The topological polar surface area (TPSA) is 77.5 Å². The Bertz CT molecular complexity index is 1250. The van der Waals surface area contributed by atoms with Gasteiger partial charge in [0.25, 0.3) is 0 Å². The van der Waals surface area contributed by atoms with Crippen LogP contribution in [0.4, 0.5) is 14.6 Å². The Kier molecular flexibility index (Phi) is 4.68. The highest BCUT2D eigenvalue weighted by atomic mass is 19.1. The Morgan fingerprint density at radius 1 is 1.10 bits per heavy atom. The molecule has 8 nitrogen and oxygen atoms in total. The smallest absolute Gasteiger partial charge is 0.237 e. The van der Waals surface area contributed by atoms with Gasteiger partial charge in [0, 0.05) is 25.0 Å². The lowest BCUT2D eigenvalue weighted by Crippen LogP contribution is -2.36. The van der Waals surface area contributed by atoms with Gasteiger partial charge in [0.05, 0.1) is 17.8 Å². The molecule has 0 saturated heterocycles. The van der Waals surface area contributed by atoms with E-state index in [9.17, 15) is 8.78 Å². The third kappa shape index (κ3) is 3.06. The molecule has 0 spiro atoms. The molecule has 0 unspecified atom stereocenters. The first-order chi connectivity index (χ1) is 15.1. The average molecular weight is 422 g/mol. The standard InChI is InChI=1S/C21H20F2N8/c1-3-8-29-16(4-2)20-28-26-12-31(20)17-11-25-21(27-19(17)29)30-9-7-24-18(30)14-6-5-13(22)10-15(14)23/h5-7,9-12,16H,3-4,8H2,1-2H3/t16-/m1/s1. The zero-order chi connectivity index (χ0) is 21.5. The zero-order valence-corrected chi connectivity index (χ0v) is 17.1. The van der Waals surface area contributed by atoms with E-state index >= 15 is 0 Å². The summed E-state index contributed by atoms with van der Waals surface area (Å²) >= 11 is 0. The van der Waals surface area contributed by atoms with Gasteiger partial charge in [-0.2, -0.15) is 4.98 Å². The summed E-state index contributed by atoms with van der Waals surface area (Å²) in [5, 5.41) is 8.39. The molecule has 10 heteroatoms. The van der Waals surface area contributed by atoms with E-state index in [0.717, 1.165) is 42.8 Å². The van der Waals surface area contributed by atoms with Crippen LogP contribution in [0.3, 0.4) is 0 Å². The van der Waals surface area contributed by atoms with Gasteiger partial charge < -0.3 is 4.90 Å². The molecule has 31 heavy (non-hydrogen) atoms. The van der Waals surface area contributed by atoms with E-state index in [1.54, 1.807) is 23.3 Å². The van der Waals surface area contributed by atoms with Crippen molar-refractivity contribution in [1.29, 1.82) is 0 Å². The fourth-order valence-corrected chi connectivity index (χ4v) is 4.04. The van der Waals surface area contributed by atoms with Gasteiger partial charge in [-0.3, -0.25) is 9.13 Å². The molecule has 1 aliphatic heterocycles. The van der Waals surface area contributed by atoms with Gasteiger partial charge in [0.1, 0.15) is 29.5 Å². The molecule has 158 valence electrons. The highest BCUT2D eigenvalue weighted by Crippen LogP contribution is 2.38. The summed E-state index contributed by atoms with van der Waals surface area (Å²) in [6.07, 6.45) is 8.35. The minimum Gasteiger partial charge on any atom is -0.344 e. The van der Waals surface area contributed by atoms with Crippen molar-refractivity contribution in [2.24, 2.45) is 0 Å². The molecule has 1 aromatic carbocycles. The number of halogens is 2. The van der Waals surface area contributed by atoms with Gasteiger partial charge in [-0.1, -0.05) is 13.8 Å². The molecule has 0 fully saturated rings. The van der Waals surface area contributed by atoms with Crippen LogP contribution < -0.4 is 4.90 Å². The number of nitrogens with zero attached hydrogens (tertiary/aromatic N) is 8. The third-order valence-corrected chi connectivity index (χ3v) is 5.40. The highest BCUT2D eigenvalue weighted by molar-refractivity contribution is 5.63. The van der Waals surface area contributed by atoms with Crippen LogP contribution in [-0.2, 0) is 0 Å². The SMILES string of the molecule is CCCN1c2nc(-n3ccnc3-c3ccc(F)cc3F)ncc2-n2cnnc2[C@H]1CC. The second-order valence-corrected chi connectivity index (χ2v) is 7.30. The first-order valence-corrected chi connectivity index (χ1v) is 10.2. The molecule has 1 aliphatic rings. The van der Waals surface area contributed by atoms with Gasteiger partial charge in [-0.05, 0) is 25.0 Å². The van der Waals surface area contributed by atoms with E-state index in [4.69, 9.17) is 4.98 Å². The van der Waals surface area contributed by atoms with Crippen molar-refractivity contribution in [3.8, 4) is 23.0 Å². The van der Waals surface area contributed by atoms with E-state index in [0.29, 0.717) is 11.8 Å². The summed E-state index contributed by atoms with van der Waals surface area (Å²) in [5.41, 5.74) is 0.960. The minimum absolute atomic E-state index is 0.0366. The average Bonchev–Trinajstić information content (AvgIpc) is 3.44. The van der Waals surface area contributed by atoms with Gasteiger partial charge in [-0.25, -0.2) is 18.7 Å². The Hall–Kier alpha value is -3.69. The van der Waals surface area contributed by atoms with Crippen LogP contribution in [0, 0.1) is 11.6 Å². The van der Waals surface area contributed by atoms with Crippen molar-refractivity contribution in [2.45, 2.75) is 32.7 Å². The number of imidazole rings is 1. The Morgan fingerprint density at radius 3 is 2.74 bits per heavy atom. The third-order valence-electron chi connectivity index (χ3n) is 5.40. The summed E-state index contributed by atoms with van der Waals surface area (Å²) in [7, 11) is 0. The van der Waals surface area contributed by atoms with Crippen LogP contribution in [-0.4, -0.2) is 40.8 Å². The molecule has 0 aliphatic carbocycles. The minimum atomic E-state index is -0.696. The maximum Gasteiger partial charge on any atom is 0.237 e. The van der Waals surface area contributed by atoms with Crippen molar-refractivity contribution in [2.75, 3.05) is 11.4 Å². The summed E-state index contributed by atoms with van der Waals surface area (Å²) in [5.74, 6) is 0.921. The summed E-state index contributed by atoms with van der Waals surface area (Å²) in [4.78, 5) is 15.8. The highest BCUT2D eigenvalue weighted by Gasteiger charge is 2.33. The lowest BCUT2D eigenvalue weighted by molar-refractivity contribution is 0.533. The van der Waals surface area contributed by atoms with Gasteiger partial charge in [0.2, 0.25) is 5.95 Å². The van der Waals surface area contributed by atoms with Crippen molar-refractivity contribution < 1.29 is 8.78 Å². The number of fused-ring (bicyclic) bond motifs is 3. The van der Waals surface area contributed by atoms with Crippen LogP contribution in [0.5, 0.6) is 0 Å².